The maximum absolute atomic E-state index is 12.9. The number of amides is 4. The van der Waals surface area contributed by atoms with Crippen LogP contribution < -0.4 is 16.0 Å². The molecule has 0 radical (unpaired) electrons. The molecule has 6 nitrogen and oxygen atoms in total. The van der Waals surface area contributed by atoms with E-state index in [0.717, 1.165) is 29.8 Å². The summed E-state index contributed by atoms with van der Waals surface area (Å²) in [4.78, 5) is 37.0. The van der Waals surface area contributed by atoms with E-state index in [2.05, 4.69) is 28.1 Å². The summed E-state index contributed by atoms with van der Waals surface area (Å²) < 4.78 is 0. The van der Waals surface area contributed by atoms with Gasteiger partial charge in [-0.25, -0.2) is 4.79 Å². The molecule has 1 fully saturated rings. The molecule has 2 aliphatic rings. The molecule has 1 aliphatic heterocycles. The monoisotopic (exact) mass is 395 g/mol. The van der Waals surface area contributed by atoms with Gasteiger partial charge in [0.1, 0.15) is 5.54 Å². The Morgan fingerprint density at radius 2 is 1.93 bits per heavy atom. The molecule has 0 saturated carbocycles. The predicted molar refractivity (Wildman–Crippen MR) is 109 cm³/mol. The third-order valence-electron chi connectivity index (χ3n) is 5.12. The first-order chi connectivity index (χ1) is 13.4. The van der Waals surface area contributed by atoms with Crippen molar-refractivity contribution in [3.05, 3.63) is 59.2 Å². The number of aryl methyl sites for hydroxylation is 2. The van der Waals surface area contributed by atoms with Crippen molar-refractivity contribution >= 4 is 35.3 Å². The lowest BCUT2D eigenvalue weighted by atomic mass is 10.1. The zero-order chi connectivity index (χ0) is 19.7. The lowest BCUT2D eigenvalue weighted by molar-refractivity contribution is -0.122. The normalized spacial score (nSPS) is 20.5. The number of anilines is 1. The van der Waals surface area contributed by atoms with Crippen molar-refractivity contribution in [3.8, 4) is 0 Å². The van der Waals surface area contributed by atoms with Gasteiger partial charge in [0.25, 0.3) is 11.8 Å². The molecular weight excluding hydrogens is 374 g/mol. The van der Waals surface area contributed by atoms with Crippen molar-refractivity contribution in [1.82, 2.24) is 10.6 Å². The minimum Gasteiger partial charge on any atom is -0.323 e. The Balaban J connectivity index is 1.48. The molecule has 144 valence electrons. The number of carbonyl (C=O) groups excluding carboxylic acids is 3. The number of hydrogen-bond acceptors (Lipinski definition) is 4. The van der Waals surface area contributed by atoms with Crippen LogP contribution in [-0.4, -0.2) is 29.1 Å². The second-order valence-corrected chi connectivity index (χ2v) is 8.33. The van der Waals surface area contributed by atoms with Crippen molar-refractivity contribution in [1.29, 1.82) is 0 Å². The van der Waals surface area contributed by atoms with Crippen molar-refractivity contribution in [2.24, 2.45) is 0 Å². The van der Waals surface area contributed by atoms with E-state index >= 15 is 0 Å². The number of nitrogens with one attached hydrogen (secondary N) is 3. The SMILES string of the molecule is C[C@@]1(CSc2ccccc2C(=O)Nc2ccc3c(c2)CCC3)NC(=O)NC1=O. The van der Waals surface area contributed by atoms with E-state index in [1.165, 1.54) is 22.9 Å². The average molecular weight is 395 g/mol. The van der Waals surface area contributed by atoms with Crippen molar-refractivity contribution in [2.75, 3.05) is 11.1 Å². The molecule has 0 aromatic heterocycles. The predicted octanol–water partition coefficient (Wildman–Crippen LogP) is 3.12. The van der Waals surface area contributed by atoms with Gasteiger partial charge in [-0.2, -0.15) is 0 Å². The van der Waals surface area contributed by atoms with Crippen LogP contribution in [0, 0.1) is 0 Å². The summed E-state index contributed by atoms with van der Waals surface area (Å²) in [6.07, 6.45) is 3.32. The smallest absolute Gasteiger partial charge is 0.322 e. The zero-order valence-corrected chi connectivity index (χ0v) is 16.3. The zero-order valence-electron chi connectivity index (χ0n) is 15.5. The summed E-state index contributed by atoms with van der Waals surface area (Å²) in [6.45, 7) is 1.67. The number of hydrogen-bond donors (Lipinski definition) is 3. The number of fused-ring (bicyclic) bond motifs is 1. The fourth-order valence-electron chi connectivity index (χ4n) is 3.53. The van der Waals surface area contributed by atoms with Gasteiger partial charge in [0.05, 0.1) is 5.56 Å². The Morgan fingerprint density at radius 3 is 2.71 bits per heavy atom. The topological polar surface area (TPSA) is 87.3 Å². The lowest BCUT2D eigenvalue weighted by Gasteiger charge is -2.20. The quantitative estimate of drug-likeness (QED) is 0.536. The molecule has 4 amide bonds. The van der Waals surface area contributed by atoms with Gasteiger partial charge in [-0.15, -0.1) is 11.8 Å². The van der Waals surface area contributed by atoms with Gasteiger partial charge in [-0.05, 0) is 61.6 Å². The third-order valence-corrected chi connectivity index (χ3v) is 6.51. The molecular formula is C21H21N3O3S. The molecule has 3 N–H and O–H groups in total. The molecule has 28 heavy (non-hydrogen) atoms. The van der Waals surface area contributed by atoms with Crippen LogP contribution in [0.3, 0.4) is 0 Å². The molecule has 2 aromatic rings. The standard InChI is InChI=1S/C21H21N3O3S/c1-21(19(26)23-20(27)24-21)12-28-17-8-3-2-7-16(17)18(25)22-15-10-9-13-5-4-6-14(13)11-15/h2-3,7-11H,4-6,12H2,1H3,(H,22,25)(H2,23,24,26,27)/t21-/m0/s1. The number of rotatable bonds is 5. The molecule has 1 heterocycles. The highest BCUT2D eigenvalue weighted by molar-refractivity contribution is 7.99. The highest BCUT2D eigenvalue weighted by Gasteiger charge is 2.41. The van der Waals surface area contributed by atoms with Crippen LogP contribution in [0.4, 0.5) is 10.5 Å². The van der Waals surface area contributed by atoms with Crippen molar-refractivity contribution < 1.29 is 14.4 Å². The van der Waals surface area contributed by atoms with Gasteiger partial charge in [0.2, 0.25) is 0 Å². The summed E-state index contributed by atoms with van der Waals surface area (Å²) in [6, 6.07) is 12.9. The molecule has 4 rings (SSSR count). The summed E-state index contributed by atoms with van der Waals surface area (Å²) in [7, 11) is 0. The van der Waals surface area contributed by atoms with Gasteiger partial charge in [0.15, 0.2) is 0 Å². The Hall–Kier alpha value is -2.80. The van der Waals surface area contributed by atoms with Gasteiger partial charge < -0.3 is 10.6 Å². The number of imide groups is 1. The van der Waals surface area contributed by atoms with Crippen LogP contribution in [0.25, 0.3) is 0 Å². The van der Waals surface area contributed by atoms with E-state index in [-0.39, 0.29) is 11.8 Å². The van der Waals surface area contributed by atoms with Gasteiger partial charge in [-0.1, -0.05) is 18.2 Å². The van der Waals surface area contributed by atoms with Crippen LogP contribution in [0.1, 0.15) is 34.8 Å². The van der Waals surface area contributed by atoms with Gasteiger partial charge >= 0.3 is 6.03 Å². The Bertz CT molecular complexity index is 975. The fraction of sp³-hybridized carbons (Fsp3) is 0.286. The molecule has 0 unspecified atom stereocenters. The van der Waals surface area contributed by atoms with Crippen molar-refractivity contribution in [2.45, 2.75) is 36.6 Å². The number of thioether (sulfide) groups is 1. The van der Waals surface area contributed by atoms with Crippen LogP contribution in [0.15, 0.2) is 47.4 Å². The Morgan fingerprint density at radius 1 is 1.14 bits per heavy atom. The summed E-state index contributed by atoms with van der Waals surface area (Å²) >= 11 is 1.37. The second-order valence-electron chi connectivity index (χ2n) is 7.32. The van der Waals surface area contributed by atoms with E-state index in [1.54, 1.807) is 13.0 Å². The first kappa shape index (κ1) is 18.6. The summed E-state index contributed by atoms with van der Waals surface area (Å²) in [5.41, 5.74) is 3.00. The number of benzene rings is 2. The average Bonchev–Trinajstić information content (AvgIpc) is 3.23. The fourth-order valence-corrected chi connectivity index (χ4v) is 4.67. The van der Waals surface area contributed by atoms with Gasteiger partial charge in [-0.3, -0.25) is 14.9 Å². The third kappa shape index (κ3) is 3.62. The Kier molecular flexibility index (Phi) is 4.85. The first-order valence-corrected chi connectivity index (χ1v) is 10.2. The van der Waals surface area contributed by atoms with E-state index in [1.807, 2.05) is 24.3 Å². The minimum absolute atomic E-state index is 0.189. The maximum Gasteiger partial charge on any atom is 0.322 e. The van der Waals surface area contributed by atoms with E-state index in [9.17, 15) is 14.4 Å². The van der Waals surface area contributed by atoms with Gasteiger partial charge in [0, 0.05) is 16.3 Å². The minimum atomic E-state index is -0.995. The van der Waals surface area contributed by atoms with E-state index in [0.29, 0.717) is 11.3 Å². The first-order valence-electron chi connectivity index (χ1n) is 9.23. The lowest BCUT2D eigenvalue weighted by Crippen LogP contribution is -2.46. The molecule has 1 aliphatic carbocycles. The Labute approximate surface area is 167 Å². The highest BCUT2D eigenvalue weighted by atomic mass is 32.2. The van der Waals surface area contributed by atoms with Crippen LogP contribution in [0.5, 0.6) is 0 Å². The number of urea groups is 1. The molecule has 2 aromatic carbocycles. The maximum atomic E-state index is 12.9. The van der Waals surface area contributed by atoms with Crippen LogP contribution >= 0.6 is 11.8 Å². The molecule has 0 bridgehead atoms. The molecule has 1 saturated heterocycles. The van der Waals surface area contributed by atoms with E-state index in [4.69, 9.17) is 0 Å². The number of carbonyl (C=O) groups is 3. The summed E-state index contributed by atoms with van der Waals surface area (Å²) in [5.74, 6) is -0.218. The molecule has 7 heteroatoms. The van der Waals surface area contributed by atoms with Crippen LogP contribution in [0.2, 0.25) is 0 Å². The highest BCUT2D eigenvalue weighted by Crippen LogP contribution is 2.29. The second kappa shape index (κ2) is 7.31. The summed E-state index contributed by atoms with van der Waals surface area (Å²) in [5, 5.41) is 7.87. The molecule has 1 atom stereocenters. The van der Waals surface area contributed by atoms with Crippen LogP contribution in [-0.2, 0) is 17.6 Å². The van der Waals surface area contributed by atoms with Crippen molar-refractivity contribution in [3.63, 3.8) is 0 Å². The molecule has 0 spiro atoms. The largest absolute Gasteiger partial charge is 0.323 e. The van der Waals surface area contributed by atoms with E-state index < -0.39 is 11.6 Å².